The van der Waals surface area contributed by atoms with Gasteiger partial charge < -0.3 is 31.4 Å². The Morgan fingerprint density at radius 1 is 1.29 bits per heavy atom. The van der Waals surface area contributed by atoms with Crippen LogP contribution in [-0.2, 0) is 19.1 Å². The normalized spacial score (nSPS) is 21.1. The number of carbonyl (C=O) groups excluding carboxylic acids is 2. The van der Waals surface area contributed by atoms with Gasteiger partial charge >= 0.3 is 5.97 Å². The number of nitrogens with two attached hydrogens (primary N) is 2. The zero-order chi connectivity index (χ0) is 21.7. The van der Waals surface area contributed by atoms with Crippen LogP contribution in [0.25, 0.3) is 0 Å². The molecule has 1 rings (SSSR count). The van der Waals surface area contributed by atoms with Crippen LogP contribution in [0.3, 0.4) is 0 Å². The predicted molar refractivity (Wildman–Crippen MR) is 109 cm³/mol. The molecule has 0 aliphatic heterocycles. The molecule has 28 heavy (non-hydrogen) atoms. The Morgan fingerprint density at radius 3 is 2.29 bits per heavy atom. The van der Waals surface area contributed by atoms with Crippen LogP contribution in [0.15, 0.2) is 16.6 Å². The minimum atomic E-state index is -0.518. The molecule has 0 aromatic heterocycles. The second-order valence-electron chi connectivity index (χ2n) is 6.32. The second-order valence-corrected chi connectivity index (χ2v) is 6.32. The van der Waals surface area contributed by atoms with Crippen molar-refractivity contribution in [2.75, 3.05) is 13.2 Å². The van der Waals surface area contributed by atoms with E-state index in [1.165, 1.54) is 6.92 Å². The minimum absolute atomic E-state index is 0.00101. The molecule has 0 fully saturated rings. The first-order valence-corrected chi connectivity index (χ1v) is 9.73. The van der Waals surface area contributed by atoms with Gasteiger partial charge in [-0.1, -0.05) is 13.8 Å². The average Bonchev–Trinajstić information content (AvgIpc) is 2.61. The fourth-order valence-electron chi connectivity index (χ4n) is 2.87. The van der Waals surface area contributed by atoms with E-state index >= 15 is 0 Å². The van der Waals surface area contributed by atoms with Crippen molar-refractivity contribution in [1.29, 1.82) is 0 Å². The van der Waals surface area contributed by atoms with Gasteiger partial charge in [-0.2, -0.15) is 0 Å². The summed E-state index contributed by atoms with van der Waals surface area (Å²) in [5.41, 5.74) is 11.5. The SMILES string of the molecule is CCO.CCOC(=O)C1=C[C@@H](OC(CC)CC)C(NC(C)=O)[C@@H](N=C(N)N)C1. The molecule has 162 valence electrons. The highest BCUT2D eigenvalue weighted by Crippen LogP contribution is 2.27. The van der Waals surface area contributed by atoms with Crippen LogP contribution in [0.2, 0.25) is 0 Å². The number of esters is 1. The number of nitrogens with zero attached hydrogens (tertiary/aromatic N) is 1. The van der Waals surface area contributed by atoms with Gasteiger partial charge in [0.1, 0.15) is 0 Å². The summed E-state index contributed by atoms with van der Waals surface area (Å²) in [4.78, 5) is 28.0. The van der Waals surface area contributed by atoms with Crippen molar-refractivity contribution in [2.45, 2.75) is 78.2 Å². The zero-order valence-electron chi connectivity index (χ0n) is 17.6. The lowest BCUT2D eigenvalue weighted by Gasteiger charge is -2.36. The lowest BCUT2D eigenvalue weighted by molar-refractivity contribution is -0.139. The number of aliphatic hydroxyl groups excluding tert-OH is 1. The molecule has 9 heteroatoms. The molecular formula is C19H36N4O5. The van der Waals surface area contributed by atoms with Gasteiger partial charge in [0.25, 0.3) is 0 Å². The van der Waals surface area contributed by atoms with E-state index in [-0.39, 0.29) is 37.6 Å². The lowest BCUT2D eigenvalue weighted by atomic mass is 9.88. The van der Waals surface area contributed by atoms with Gasteiger partial charge in [0.05, 0.1) is 30.9 Å². The minimum Gasteiger partial charge on any atom is -0.463 e. The molecule has 6 N–H and O–H groups in total. The van der Waals surface area contributed by atoms with Crippen molar-refractivity contribution < 1.29 is 24.2 Å². The maximum atomic E-state index is 12.2. The molecule has 0 saturated carbocycles. The Kier molecular flexibility index (Phi) is 12.9. The second kappa shape index (κ2) is 14.0. The third kappa shape index (κ3) is 9.18. The van der Waals surface area contributed by atoms with Gasteiger partial charge in [-0.15, -0.1) is 0 Å². The number of carbonyl (C=O) groups is 2. The molecule has 3 atom stereocenters. The maximum Gasteiger partial charge on any atom is 0.333 e. The summed E-state index contributed by atoms with van der Waals surface area (Å²) in [7, 11) is 0. The number of guanidine groups is 1. The number of amides is 1. The third-order valence-corrected chi connectivity index (χ3v) is 4.05. The molecular weight excluding hydrogens is 364 g/mol. The standard InChI is InChI=1S/C17H30N4O4.C2H6O/c1-5-12(6-2)25-14-9-11(16(23)24-7-3)8-13(21-17(18)19)15(14)20-10(4)22;1-2-3/h9,12-15H,5-8H2,1-4H3,(H,20,22)(H4,18,19,21);3H,2H2,1H3/t13-,14+,15?;/m0./s1. The number of hydrogen-bond donors (Lipinski definition) is 4. The van der Waals surface area contributed by atoms with E-state index in [4.69, 9.17) is 26.0 Å². The van der Waals surface area contributed by atoms with E-state index in [0.717, 1.165) is 12.8 Å². The third-order valence-electron chi connectivity index (χ3n) is 4.05. The highest BCUT2D eigenvalue weighted by atomic mass is 16.5. The number of aliphatic imine (C=N–C) groups is 1. The van der Waals surface area contributed by atoms with Crippen LogP contribution < -0.4 is 16.8 Å². The fraction of sp³-hybridized carbons (Fsp3) is 0.737. The molecule has 1 unspecified atom stereocenters. The van der Waals surface area contributed by atoms with Crippen molar-refractivity contribution in [2.24, 2.45) is 16.5 Å². The van der Waals surface area contributed by atoms with Gasteiger partial charge in [-0.3, -0.25) is 4.79 Å². The first kappa shape index (κ1) is 25.9. The molecule has 1 aliphatic rings. The molecule has 9 nitrogen and oxygen atoms in total. The van der Waals surface area contributed by atoms with Crippen LogP contribution in [0, 0.1) is 0 Å². The molecule has 0 radical (unpaired) electrons. The molecule has 0 heterocycles. The van der Waals surface area contributed by atoms with E-state index in [9.17, 15) is 9.59 Å². The van der Waals surface area contributed by atoms with E-state index < -0.39 is 24.2 Å². The Morgan fingerprint density at radius 2 is 1.86 bits per heavy atom. The Bertz CT molecular complexity index is 542. The van der Waals surface area contributed by atoms with Crippen LogP contribution >= 0.6 is 0 Å². The molecule has 0 aromatic rings. The van der Waals surface area contributed by atoms with Crippen molar-refractivity contribution in [3.63, 3.8) is 0 Å². The van der Waals surface area contributed by atoms with E-state index in [0.29, 0.717) is 5.57 Å². The molecule has 0 saturated heterocycles. The van der Waals surface area contributed by atoms with Gasteiger partial charge in [0.15, 0.2) is 5.96 Å². The predicted octanol–water partition coefficient (Wildman–Crippen LogP) is 0.599. The Balaban J connectivity index is 0.00000227. The summed E-state index contributed by atoms with van der Waals surface area (Å²) in [6.07, 6.45) is 3.10. The van der Waals surface area contributed by atoms with E-state index in [2.05, 4.69) is 10.3 Å². The van der Waals surface area contributed by atoms with Gasteiger partial charge in [-0.25, -0.2) is 9.79 Å². The number of ether oxygens (including phenoxy) is 2. The summed E-state index contributed by atoms with van der Waals surface area (Å²) >= 11 is 0. The number of hydrogen-bond acceptors (Lipinski definition) is 6. The monoisotopic (exact) mass is 400 g/mol. The first-order chi connectivity index (χ1) is 13.2. The first-order valence-electron chi connectivity index (χ1n) is 9.73. The topological polar surface area (TPSA) is 149 Å². The molecule has 0 bridgehead atoms. The highest BCUT2D eigenvalue weighted by Gasteiger charge is 2.37. The van der Waals surface area contributed by atoms with Gasteiger partial charge in [0.2, 0.25) is 5.91 Å². The average molecular weight is 401 g/mol. The lowest BCUT2D eigenvalue weighted by Crippen LogP contribution is -2.54. The van der Waals surface area contributed by atoms with Crippen molar-refractivity contribution in [3.8, 4) is 0 Å². The smallest absolute Gasteiger partial charge is 0.333 e. The quantitative estimate of drug-likeness (QED) is 0.265. The van der Waals surface area contributed by atoms with Crippen LogP contribution in [0.5, 0.6) is 0 Å². The summed E-state index contributed by atoms with van der Waals surface area (Å²) in [6.45, 7) is 9.41. The molecule has 1 aliphatic carbocycles. The van der Waals surface area contributed by atoms with Crippen LogP contribution in [0.4, 0.5) is 0 Å². The van der Waals surface area contributed by atoms with Crippen molar-refractivity contribution in [1.82, 2.24) is 5.32 Å². The van der Waals surface area contributed by atoms with Gasteiger partial charge in [0, 0.05) is 25.5 Å². The number of aliphatic hydroxyl groups is 1. The molecule has 0 spiro atoms. The summed E-state index contributed by atoms with van der Waals surface area (Å²) in [5.74, 6) is -0.739. The maximum absolute atomic E-state index is 12.2. The van der Waals surface area contributed by atoms with Gasteiger partial charge in [-0.05, 0) is 32.8 Å². The number of nitrogens with one attached hydrogen (secondary N) is 1. The largest absolute Gasteiger partial charge is 0.463 e. The van der Waals surface area contributed by atoms with Crippen molar-refractivity contribution in [3.05, 3.63) is 11.6 Å². The summed E-state index contributed by atoms with van der Waals surface area (Å²) < 4.78 is 11.2. The fourth-order valence-corrected chi connectivity index (χ4v) is 2.87. The van der Waals surface area contributed by atoms with E-state index in [1.807, 2.05) is 13.8 Å². The van der Waals surface area contributed by atoms with Crippen molar-refractivity contribution >= 4 is 17.8 Å². The number of rotatable bonds is 8. The van der Waals surface area contributed by atoms with E-state index in [1.54, 1.807) is 19.9 Å². The molecule has 0 aromatic carbocycles. The summed E-state index contributed by atoms with van der Waals surface area (Å²) in [5, 5.41) is 10.4. The molecule has 1 amide bonds. The van der Waals surface area contributed by atoms with Crippen LogP contribution in [0.1, 0.15) is 53.9 Å². The Labute approximate surface area is 167 Å². The zero-order valence-corrected chi connectivity index (χ0v) is 17.6. The Hall–Kier alpha value is -2.13. The van der Waals surface area contributed by atoms with Crippen LogP contribution in [-0.4, -0.2) is 60.4 Å². The summed E-state index contributed by atoms with van der Waals surface area (Å²) in [6, 6.07) is -0.962. The highest BCUT2D eigenvalue weighted by molar-refractivity contribution is 5.89.